The Morgan fingerprint density at radius 3 is 2.37 bits per heavy atom. The van der Waals surface area contributed by atoms with Crippen molar-refractivity contribution in [2.75, 3.05) is 30.9 Å². The number of aliphatic imine (C=N–C) groups is 1. The molecule has 0 amide bonds. The minimum atomic E-state index is -3.44. The van der Waals surface area contributed by atoms with Gasteiger partial charge in [-0.15, -0.1) is 0 Å². The molecule has 0 saturated carbocycles. The zero-order chi connectivity index (χ0) is 20.3. The summed E-state index contributed by atoms with van der Waals surface area (Å²) in [6, 6.07) is 9.18. The summed E-state index contributed by atoms with van der Waals surface area (Å²) < 4.78 is 49.2. The van der Waals surface area contributed by atoms with Crippen molar-refractivity contribution in [1.29, 1.82) is 0 Å². The number of hydrogen-bond acceptors (Lipinski definition) is 5. The van der Waals surface area contributed by atoms with Gasteiger partial charge in [0.2, 0.25) is 10.0 Å². The molecule has 0 aromatic heterocycles. The average molecular weight is 419 g/mol. The third kappa shape index (κ3) is 11.6. The molecule has 1 aromatic carbocycles. The molecule has 0 radical (unpaired) electrons. The van der Waals surface area contributed by atoms with Crippen LogP contribution in [-0.4, -0.2) is 59.7 Å². The van der Waals surface area contributed by atoms with Crippen LogP contribution in [0.4, 0.5) is 0 Å². The zero-order valence-corrected chi connectivity index (χ0v) is 17.7. The van der Waals surface area contributed by atoms with E-state index in [1.165, 1.54) is 6.26 Å². The third-order valence-electron chi connectivity index (χ3n) is 3.62. The number of guanidine groups is 1. The first-order valence-corrected chi connectivity index (χ1v) is 12.6. The van der Waals surface area contributed by atoms with Gasteiger partial charge < -0.3 is 10.6 Å². The first kappa shape index (κ1) is 23.4. The normalized spacial score (nSPS) is 14.0. The van der Waals surface area contributed by atoms with Crippen molar-refractivity contribution < 1.29 is 16.8 Å². The largest absolute Gasteiger partial charge is 0.357 e. The van der Waals surface area contributed by atoms with Crippen LogP contribution in [0.3, 0.4) is 0 Å². The molecule has 1 unspecified atom stereocenters. The summed E-state index contributed by atoms with van der Waals surface area (Å²) in [7, 11) is -6.46. The van der Waals surface area contributed by atoms with Crippen molar-refractivity contribution in [2.45, 2.75) is 32.9 Å². The van der Waals surface area contributed by atoms with E-state index in [0.29, 0.717) is 18.9 Å². The number of sulfonamides is 1. The summed E-state index contributed by atoms with van der Waals surface area (Å²) in [5.74, 6) is 0.420. The Kier molecular flexibility index (Phi) is 9.75. The minimum Gasteiger partial charge on any atom is -0.357 e. The highest BCUT2D eigenvalue weighted by Crippen LogP contribution is 1.99. The molecule has 3 N–H and O–H groups in total. The molecule has 1 aromatic rings. The van der Waals surface area contributed by atoms with Crippen molar-refractivity contribution in [1.82, 2.24) is 15.4 Å². The lowest BCUT2D eigenvalue weighted by Crippen LogP contribution is -2.43. The molecule has 0 spiro atoms. The Labute approximate surface area is 162 Å². The summed E-state index contributed by atoms with van der Waals surface area (Å²) in [6.45, 7) is 4.71. The van der Waals surface area contributed by atoms with Crippen LogP contribution in [0.5, 0.6) is 0 Å². The Bertz CT molecular complexity index is 793. The number of hydrogen-bond donors (Lipinski definition) is 3. The molecule has 27 heavy (non-hydrogen) atoms. The van der Waals surface area contributed by atoms with Gasteiger partial charge in [-0.2, -0.15) is 0 Å². The van der Waals surface area contributed by atoms with Crippen LogP contribution in [0.25, 0.3) is 0 Å². The summed E-state index contributed by atoms with van der Waals surface area (Å²) in [4.78, 5) is 4.26. The fourth-order valence-electron chi connectivity index (χ4n) is 2.16. The van der Waals surface area contributed by atoms with Gasteiger partial charge in [0.15, 0.2) is 5.96 Å². The number of nitrogens with one attached hydrogen (secondary N) is 3. The maximum absolute atomic E-state index is 12.1. The van der Waals surface area contributed by atoms with Crippen LogP contribution in [0, 0.1) is 0 Å². The summed E-state index contributed by atoms with van der Waals surface area (Å²) in [6.07, 6.45) is 1.65. The summed E-state index contributed by atoms with van der Waals surface area (Å²) in [5.41, 5.74) is 0.888. The average Bonchev–Trinajstić information content (AvgIpc) is 2.59. The molecule has 10 heteroatoms. The van der Waals surface area contributed by atoms with Crippen molar-refractivity contribution in [2.24, 2.45) is 4.99 Å². The second-order valence-corrected chi connectivity index (χ2v) is 10.5. The lowest BCUT2D eigenvalue weighted by atomic mass is 10.2. The number of rotatable bonds is 11. The predicted molar refractivity (Wildman–Crippen MR) is 110 cm³/mol. The fraction of sp³-hybridized carbons (Fsp3) is 0.588. The zero-order valence-electron chi connectivity index (χ0n) is 16.1. The second kappa shape index (κ2) is 11.3. The van der Waals surface area contributed by atoms with Crippen LogP contribution < -0.4 is 15.4 Å². The predicted octanol–water partition coefficient (Wildman–Crippen LogP) is 0.484. The van der Waals surface area contributed by atoms with Crippen molar-refractivity contribution in [3.63, 3.8) is 0 Å². The van der Waals surface area contributed by atoms with Gasteiger partial charge in [0.1, 0.15) is 9.84 Å². The van der Waals surface area contributed by atoms with E-state index in [0.717, 1.165) is 5.56 Å². The number of benzene rings is 1. The SMILES string of the molecule is CCNC(=NCCS(=O)(=O)NCc1ccccc1)NC(C)CCS(C)(=O)=O. The molecular weight excluding hydrogens is 388 g/mol. The maximum atomic E-state index is 12.1. The van der Waals surface area contributed by atoms with Crippen LogP contribution in [0.1, 0.15) is 25.8 Å². The topological polar surface area (TPSA) is 117 Å². The van der Waals surface area contributed by atoms with Gasteiger partial charge in [-0.05, 0) is 25.8 Å². The molecule has 154 valence electrons. The van der Waals surface area contributed by atoms with Crippen molar-refractivity contribution >= 4 is 25.8 Å². The standard InChI is InChI=1S/C17H30N4O4S2/c1-4-18-17(21-15(2)10-12-26(3,22)23)19-11-13-27(24,25)20-14-16-8-6-5-7-9-16/h5-9,15,20H,4,10-14H2,1-3H3,(H2,18,19,21). The highest BCUT2D eigenvalue weighted by atomic mass is 32.2. The number of sulfone groups is 1. The second-order valence-electron chi connectivity index (χ2n) is 6.35. The van der Waals surface area contributed by atoms with Crippen LogP contribution in [0.2, 0.25) is 0 Å². The van der Waals surface area contributed by atoms with Gasteiger partial charge in [0.05, 0.1) is 18.1 Å². The van der Waals surface area contributed by atoms with Gasteiger partial charge >= 0.3 is 0 Å². The van der Waals surface area contributed by atoms with Gasteiger partial charge in [-0.3, -0.25) is 4.99 Å². The fourth-order valence-corrected chi connectivity index (χ4v) is 3.80. The summed E-state index contributed by atoms with van der Waals surface area (Å²) >= 11 is 0. The molecule has 0 aliphatic rings. The smallest absolute Gasteiger partial charge is 0.213 e. The molecule has 0 heterocycles. The lowest BCUT2D eigenvalue weighted by Gasteiger charge is -2.17. The highest BCUT2D eigenvalue weighted by Gasteiger charge is 2.11. The lowest BCUT2D eigenvalue weighted by molar-refractivity contribution is 0.578. The van der Waals surface area contributed by atoms with E-state index in [4.69, 9.17) is 0 Å². The van der Waals surface area contributed by atoms with E-state index in [1.807, 2.05) is 44.2 Å². The molecule has 0 aliphatic carbocycles. The Balaban J connectivity index is 2.51. The summed E-state index contributed by atoms with van der Waals surface area (Å²) in [5, 5.41) is 6.12. The Morgan fingerprint density at radius 2 is 1.78 bits per heavy atom. The molecule has 0 fully saturated rings. The first-order valence-electron chi connectivity index (χ1n) is 8.85. The van der Waals surface area contributed by atoms with Gasteiger partial charge in [0, 0.05) is 25.4 Å². The Morgan fingerprint density at radius 1 is 1.11 bits per heavy atom. The minimum absolute atomic E-state index is 0.0817. The van der Waals surface area contributed by atoms with Crippen LogP contribution in [0.15, 0.2) is 35.3 Å². The van der Waals surface area contributed by atoms with Crippen LogP contribution in [-0.2, 0) is 26.4 Å². The monoisotopic (exact) mass is 418 g/mol. The molecule has 0 saturated heterocycles. The van der Waals surface area contributed by atoms with Gasteiger partial charge in [0.25, 0.3) is 0 Å². The molecule has 8 nitrogen and oxygen atoms in total. The van der Waals surface area contributed by atoms with E-state index < -0.39 is 19.9 Å². The maximum Gasteiger partial charge on any atom is 0.213 e. The first-order chi connectivity index (χ1) is 12.6. The molecule has 0 bridgehead atoms. The quantitative estimate of drug-likeness (QED) is 0.356. The molecular formula is C17H30N4O4S2. The van der Waals surface area contributed by atoms with E-state index in [2.05, 4.69) is 20.3 Å². The van der Waals surface area contributed by atoms with Crippen LogP contribution >= 0.6 is 0 Å². The van der Waals surface area contributed by atoms with Gasteiger partial charge in [-0.25, -0.2) is 21.6 Å². The van der Waals surface area contributed by atoms with E-state index in [1.54, 1.807) is 0 Å². The van der Waals surface area contributed by atoms with Crippen molar-refractivity contribution in [3.05, 3.63) is 35.9 Å². The van der Waals surface area contributed by atoms with E-state index in [-0.39, 0.29) is 30.6 Å². The Hall–Kier alpha value is -1.65. The third-order valence-corrected chi connectivity index (χ3v) is 5.90. The van der Waals surface area contributed by atoms with E-state index >= 15 is 0 Å². The molecule has 1 rings (SSSR count). The number of nitrogens with zero attached hydrogens (tertiary/aromatic N) is 1. The van der Waals surface area contributed by atoms with E-state index in [9.17, 15) is 16.8 Å². The van der Waals surface area contributed by atoms with Crippen molar-refractivity contribution in [3.8, 4) is 0 Å². The highest BCUT2D eigenvalue weighted by molar-refractivity contribution is 7.90. The molecule has 1 atom stereocenters. The van der Waals surface area contributed by atoms with Gasteiger partial charge in [-0.1, -0.05) is 30.3 Å². The molecule has 0 aliphatic heterocycles.